The van der Waals surface area contributed by atoms with Crippen molar-refractivity contribution >= 4 is 17.2 Å². The van der Waals surface area contributed by atoms with Gasteiger partial charge < -0.3 is 11.1 Å². The van der Waals surface area contributed by atoms with Gasteiger partial charge in [0.25, 0.3) is 5.91 Å². The van der Waals surface area contributed by atoms with Crippen molar-refractivity contribution in [1.29, 1.82) is 0 Å². The van der Waals surface area contributed by atoms with Crippen molar-refractivity contribution in [2.45, 2.75) is 56.4 Å². The Hall–Kier alpha value is -1.65. The smallest absolute Gasteiger partial charge is 0.261 e. The van der Waals surface area contributed by atoms with E-state index in [4.69, 9.17) is 5.73 Å². The molecule has 0 unspecified atom stereocenters. The van der Waals surface area contributed by atoms with Crippen LogP contribution in [0.1, 0.15) is 57.8 Å². The van der Waals surface area contributed by atoms with Crippen LogP contribution in [0, 0.1) is 0 Å². The molecule has 132 valence electrons. The first kappa shape index (κ1) is 16.8. The Labute approximate surface area is 153 Å². The lowest BCUT2D eigenvalue weighted by Gasteiger charge is -2.47. The van der Waals surface area contributed by atoms with Crippen LogP contribution >= 0.6 is 11.3 Å². The summed E-state index contributed by atoms with van der Waals surface area (Å²) in [6, 6.07) is 12.8. The molecule has 4 heteroatoms. The van der Waals surface area contributed by atoms with Gasteiger partial charge >= 0.3 is 0 Å². The Kier molecular flexibility index (Phi) is 4.65. The van der Waals surface area contributed by atoms with Gasteiger partial charge in [-0.15, -0.1) is 11.3 Å². The van der Waals surface area contributed by atoms with E-state index in [1.807, 2.05) is 6.07 Å². The maximum absolute atomic E-state index is 12.7. The number of aryl methyl sites for hydroxylation is 2. The summed E-state index contributed by atoms with van der Waals surface area (Å²) < 4.78 is 0. The third kappa shape index (κ3) is 3.25. The van der Waals surface area contributed by atoms with Crippen LogP contribution in [0.15, 0.2) is 36.4 Å². The van der Waals surface area contributed by atoms with Crippen LogP contribution in [-0.2, 0) is 18.3 Å². The summed E-state index contributed by atoms with van der Waals surface area (Å²) in [5.41, 5.74) is 8.81. The average Bonchev–Trinajstić information content (AvgIpc) is 2.89. The number of nitrogens with one attached hydrogen (secondary N) is 1. The maximum Gasteiger partial charge on any atom is 0.261 e. The van der Waals surface area contributed by atoms with Crippen molar-refractivity contribution in [3.8, 4) is 0 Å². The van der Waals surface area contributed by atoms with E-state index in [1.54, 1.807) is 11.3 Å². The van der Waals surface area contributed by atoms with Crippen LogP contribution in [-0.4, -0.2) is 18.5 Å². The third-order valence-corrected chi connectivity index (χ3v) is 7.09. The molecule has 2 aliphatic rings. The van der Waals surface area contributed by atoms with E-state index in [0.29, 0.717) is 6.54 Å². The van der Waals surface area contributed by atoms with E-state index in [-0.39, 0.29) is 17.4 Å². The monoisotopic (exact) mass is 354 g/mol. The summed E-state index contributed by atoms with van der Waals surface area (Å²) >= 11 is 1.70. The quantitative estimate of drug-likeness (QED) is 0.821. The van der Waals surface area contributed by atoms with Crippen LogP contribution in [0.2, 0.25) is 0 Å². The summed E-state index contributed by atoms with van der Waals surface area (Å²) in [5.74, 6) is 0.0988. The molecule has 1 aromatic heterocycles. The molecule has 3 nitrogen and oxygen atoms in total. The van der Waals surface area contributed by atoms with Crippen LogP contribution in [0.4, 0.5) is 0 Å². The number of fused-ring (bicyclic) bond motifs is 1. The molecule has 0 bridgehead atoms. The number of benzene rings is 1. The van der Waals surface area contributed by atoms with Crippen molar-refractivity contribution in [2.24, 2.45) is 5.73 Å². The van der Waals surface area contributed by atoms with Crippen molar-refractivity contribution in [2.75, 3.05) is 6.54 Å². The van der Waals surface area contributed by atoms with Gasteiger partial charge in [0.05, 0.1) is 4.88 Å². The number of rotatable bonds is 4. The SMILES string of the molecule is NCC1(c2ccccc2)CC(NC(=O)c2cc3c(s2)CCCCC3)C1. The second-order valence-corrected chi connectivity index (χ2v) is 8.69. The first-order chi connectivity index (χ1) is 12.2. The molecule has 1 heterocycles. The molecule has 0 radical (unpaired) electrons. The number of carbonyl (C=O) groups is 1. The van der Waals surface area contributed by atoms with Crippen molar-refractivity contribution in [3.63, 3.8) is 0 Å². The molecule has 4 rings (SSSR count). The lowest BCUT2D eigenvalue weighted by atomic mass is 9.61. The lowest BCUT2D eigenvalue weighted by Crippen LogP contribution is -2.56. The molecule has 1 saturated carbocycles. The van der Waals surface area contributed by atoms with Gasteiger partial charge in [-0.25, -0.2) is 0 Å². The van der Waals surface area contributed by atoms with E-state index >= 15 is 0 Å². The summed E-state index contributed by atoms with van der Waals surface area (Å²) in [4.78, 5) is 15.0. The molecule has 25 heavy (non-hydrogen) atoms. The van der Waals surface area contributed by atoms with Gasteiger partial charge in [-0.2, -0.15) is 0 Å². The van der Waals surface area contributed by atoms with E-state index in [9.17, 15) is 4.79 Å². The van der Waals surface area contributed by atoms with Crippen LogP contribution in [0.25, 0.3) is 0 Å². The van der Waals surface area contributed by atoms with Gasteiger partial charge in [0.2, 0.25) is 0 Å². The molecule has 0 atom stereocenters. The predicted octanol–water partition coefficient (Wildman–Crippen LogP) is 3.81. The second kappa shape index (κ2) is 6.93. The average molecular weight is 355 g/mol. The Morgan fingerprint density at radius 1 is 1.16 bits per heavy atom. The molecule has 3 N–H and O–H groups in total. The summed E-state index contributed by atoms with van der Waals surface area (Å²) in [6.07, 6.45) is 7.96. The fourth-order valence-electron chi connectivity index (χ4n) is 4.33. The Morgan fingerprint density at radius 2 is 1.92 bits per heavy atom. The van der Waals surface area contributed by atoms with Gasteiger partial charge in [0.1, 0.15) is 0 Å². The summed E-state index contributed by atoms with van der Waals surface area (Å²) in [7, 11) is 0. The van der Waals surface area contributed by atoms with E-state index in [2.05, 4.69) is 35.6 Å². The van der Waals surface area contributed by atoms with E-state index in [1.165, 1.54) is 35.3 Å². The standard InChI is InChI=1S/C21H26N2OS/c22-14-21(16-8-4-2-5-9-16)12-17(13-21)23-20(24)19-11-15-7-3-1-6-10-18(15)25-19/h2,4-5,8-9,11,17H,1,3,6-7,10,12-14,22H2,(H,23,24). The minimum atomic E-state index is 0.0335. The minimum absolute atomic E-state index is 0.0335. The topological polar surface area (TPSA) is 55.1 Å². The first-order valence-corrected chi connectivity index (χ1v) is 10.2. The van der Waals surface area contributed by atoms with Crippen molar-refractivity contribution in [1.82, 2.24) is 5.32 Å². The second-order valence-electron chi connectivity index (χ2n) is 7.55. The zero-order valence-electron chi connectivity index (χ0n) is 14.6. The van der Waals surface area contributed by atoms with E-state index < -0.39 is 0 Å². The maximum atomic E-state index is 12.7. The minimum Gasteiger partial charge on any atom is -0.349 e. The number of nitrogens with two attached hydrogens (primary N) is 1. The first-order valence-electron chi connectivity index (χ1n) is 9.38. The predicted molar refractivity (Wildman–Crippen MR) is 103 cm³/mol. The van der Waals surface area contributed by atoms with Gasteiger partial charge in [-0.1, -0.05) is 36.8 Å². The largest absolute Gasteiger partial charge is 0.349 e. The van der Waals surface area contributed by atoms with Crippen molar-refractivity contribution in [3.05, 3.63) is 57.3 Å². The number of thiophene rings is 1. The number of carbonyl (C=O) groups excluding carboxylic acids is 1. The number of hydrogen-bond donors (Lipinski definition) is 2. The molecule has 1 fully saturated rings. The third-order valence-electron chi connectivity index (χ3n) is 5.86. The molecule has 2 aliphatic carbocycles. The summed E-state index contributed by atoms with van der Waals surface area (Å²) in [6.45, 7) is 0.636. The fourth-order valence-corrected chi connectivity index (χ4v) is 5.49. The van der Waals surface area contributed by atoms with Crippen LogP contribution in [0.3, 0.4) is 0 Å². The molecular formula is C21H26N2OS. The fraction of sp³-hybridized carbons (Fsp3) is 0.476. The van der Waals surface area contributed by atoms with Gasteiger partial charge in [0.15, 0.2) is 0 Å². The Bertz CT molecular complexity index is 723. The highest BCUT2D eigenvalue weighted by atomic mass is 32.1. The zero-order valence-corrected chi connectivity index (χ0v) is 15.4. The Morgan fingerprint density at radius 3 is 2.68 bits per heavy atom. The zero-order chi connectivity index (χ0) is 17.3. The molecule has 0 saturated heterocycles. The van der Waals surface area contributed by atoms with Crippen LogP contribution < -0.4 is 11.1 Å². The molecule has 0 spiro atoms. The highest BCUT2D eigenvalue weighted by Gasteiger charge is 2.45. The molecule has 1 amide bonds. The van der Waals surface area contributed by atoms with Crippen molar-refractivity contribution < 1.29 is 4.79 Å². The van der Waals surface area contributed by atoms with Gasteiger partial charge in [-0.05, 0) is 55.7 Å². The number of amides is 1. The lowest BCUT2D eigenvalue weighted by molar-refractivity contribution is 0.0870. The normalized spacial score (nSPS) is 25.6. The molecule has 0 aliphatic heterocycles. The summed E-state index contributed by atoms with van der Waals surface area (Å²) in [5, 5.41) is 3.23. The highest BCUT2D eigenvalue weighted by Crippen LogP contribution is 2.43. The van der Waals surface area contributed by atoms with Gasteiger partial charge in [-0.3, -0.25) is 4.79 Å². The highest BCUT2D eigenvalue weighted by molar-refractivity contribution is 7.14. The molecule has 2 aromatic rings. The molecular weight excluding hydrogens is 328 g/mol. The van der Waals surface area contributed by atoms with Crippen LogP contribution in [0.5, 0.6) is 0 Å². The van der Waals surface area contributed by atoms with E-state index in [0.717, 1.165) is 30.6 Å². The van der Waals surface area contributed by atoms with Gasteiger partial charge in [0, 0.05) is 22.9 Å². The molecule has 1 aromatic carbocycles. The Balaban J connectivity index is 1.40. The number of hydrogen-bond acceptors (Lipinski definition) is 3.